The number of halogens is 3. The van der Waals surface area contributed by atoms with Gasteiger partial charge in [-0.25, -0.2) is 13.2 Å². The lowest BCUT2D eigenvalue weighted by molar-refractivity contribution is -0.140. The van der Waals surface area contributed by atoms with Gasteiger partial charge in [0.05, 0.1) is 0 Å². The zero-order valence-electron chi connectivity index (χ0n) is 7.99. The minimum Gasteiger partial charge on any atom is -0.323 e. The van der Waals surface area contributed by atoms with Crippen LogP contribution in [-0.2, 0) is 9.59 Å². The third-order valence-electron chi connectivity index (χ3n) is 1.74. The van der Waals surface area contributed by atoms with Gasteiger partial charge in [-0.3, -0.25) is 9.59 Å². The van der Waals surface area contributed by atoms with Crippen molar-refractivity contribution in [3.8, 4) is 0 Å². The number of anilines is 1. The molecule has 0 radical (unpaired) electrons. The first-order valence-corrected chi connectivity index (χ1v) is 4.34. The second-order valence-corrected chi connectivity index (χ2v) is 2.92. The molecular weight excluding hydrogens is 223 g/mol. The van der Waals surface area contributed by atoms with E-state index >= 15 is 0 Å². The molecule has 0 fully saturated rings. The normalized spacial score (nSPS) is 12.2. The van der Waals surface area contributed by atoms with E-state index in [2.05, 4.69) is 0 Å². The van der Waals surface area contributed by atoms with Crippen LogP contribution in [0.5, 0.6) is 0 Å². The molecule has 1 aromatic carbocycles. The molecule has 1 rings (SSSR count). The van der Waals surface area contributed by atoms with Crippen molar-refractivity contribution in [2.45, 2.75) is 12.6 Å². The molecule has 0 saturated heterocycles. The molecule has 16 heavy (non-hydrogen) atoms. The summed E-state index contributed by atoms with van der Waals surface area (Å²) in [6, 6.07) is 7.68. The third kappa shape index (κ3) is 3.08. The van der Waals surface area contributed by atoms with Crippen LogP contribution in [0.15, 0.2) is 30.3 Å². The average Bonchev–Trinajstić information content (AvgIpc) is 2.28. The number of rotatable bonds is 4. The molecule has 0 bridgehead atoms. The van der Waals surface area contributed by atoms with E-state index in [-0.39, 0.29) is 5.69 Å². The number of Topliss-reactive ketones (excluding diaryl/α,β-unsaturated/α-hetero) is 1. The van der Waals surface area contributed by atoms with Gasteiger partial charge in [0, 0.05) is 5.69 Å². The molecule has 1 unspecified atom stereocenters. The van der Waals surface area contributed by atoms with Gasteiger partial charge in [-0.05, 0) is 12.1 Å². The highest BCUT2D eigenvalue weighted by Gasteiger charge is 2.32. The average molecular weight is 231 g/mol. The first-order valence-electron chi connectivity index (χ1n) is 4.34. The van der Waals surface area contributed by atoms with Crippen LogP contribution in [0.2, 0.25) is 0 Å². The number of carbonyl (C=O) groups is 2. The smallest absolute Gasteiger partial charge is 0.299 e. The molecule has 0 aromatic heterocycles. The van der Waals surface area contributed by atoms with E-state index in [9.17, 15) is 22.8 Å². The summed E-state index contributed by atoms with van der Waals surface area (Å²) in [4.78, 5) is 21.5. The highest BCUT2D eigenvalue weighted by Crippen LogP contribution is 2.09. The lowest BCUT2D eigenvalue weighted by atomic mass is 10.2. The molecular formula is C10H8F3NO2. The quantitative estimate of drug-likeness (QED) is 0.803. The summed E-state index contributed by atoms with van der Waals surface area (Å²) in [5.41, 5.74) is 0.234. The molecule has 0 saturated carbocycles. The summed E-state index contributed by atoms with van der Waals surface area (Å²) in [6.07, 6.45) is -6.34. The molecule has 3 nitrogen and oxygen atoms in total. The molecule has 0 spiro atoms. The number of hydrogen-bond acceptors (Lipinski definition) is 2. The lowest BCUT2D eigenvalue weighted by Crippen LogP contribution is -2.35. The van der Waals surface area contributed by atoms with Crippen molar-refractivity contribution in [3.05, 3.63) is 30.3 Å². The van der Waals surface area contributed by atoms with Crippen molar-refractivity contribution in [1.82, 2.24) is 0 Å². The van der Waals surface area contributed by atoms with Crippen molar-refractivity contribution in [2.75, 3.05) is 5.32 Å². The zero-order valence-corrected chi connectivity index (χ0v) is 7.99. The van der Waals surface area contributed by atoms with Crippen molar-refractivity contribution in [1.29, 1.82) is 0 Å². The molecule has 0 heterocycles. The van der Waals surface area contributed by atoms with Crippen LogP contribution < -0.4 is 5.32 Å². The number of alkyl halides is 3. The number of carbonyl (C=O) groups excluding carboxylic acids is 2. The Hall–Kier alpha value is -1.85. The molecule has 0 aliphatic carbocycles. The van der Waals surface area contributed by atoms with E-state index in [4.69, 9.17) is 0 Å². The predicted molar refractivity (Wildman–Crippen MR) is 51.0 cm³/mol. The molecule has 0 aliphatic heterocycles. The number of amides is 1. The van der Waals surface area contributed by atoms with E-state index in [1.165, 1.54) is 12.1 Å². The van der Waals surface area contributed by atoms with Gasteiger partial charge in [0.1, 0.15) is 0 Å². The highest BCUT2D eigenvalue weighted by molar-refractivity contribution is 6.10. The summed E-state index contributed by atoms with van der Waals surface area (Å²) in [5, 5.41) is 2.01. The number of para-hydroxylation sites is 1. The van der Waals surface area contributed by atoms with E-state index in [0.29, 0.717) is 0 Å². The summed E-state index contributed by atoms with van der Waals surface area (Å²) in [5.74, 6) is -3.43. The van der Waals surface area contributed by atoms with Gasteiger partial charge in [0.2, 0.25) is 12.0 Å². The maximum absolute atomic E-state index is 12.9. The van der Waals surface area contributed by atoms with Gasteiger partial charge in [0.25, 0.3) is 12.3 Å². The maximum Gasteiger partial charge on any atom is 0.299 e. The molecule has 1 aromatic rings. The van der Waals surface area contributed by atoms with Gasteiger partial charge in [-0.2, -0.15) is 0 Å². The molecule has 0 aliphatic rings. The van der Waals surface area contributed by atoms with Crippen LogP contribution in [0.1, 0.15) is 0 Å². The van der Waals surface area contributed by atoms with E-state index in [1.807, 2.05) is 5.32 Å². The van der Waals surface area contributed by atoms with Crippen LogP contribution in [0, 0.1) is 0 Å². The topological polar surface area (TPSA) is 46.2 Å². The second kappa shape index (κ2) is 5.29. The molecule has 1 amide bonds. The van der Waals surface area contributed by atoms with Gasteiger partial charge in [-0.1, -0.05) is 18.2 Å². The Morgan fingerprint density at radius 3 is 2.12 bits per heavy atom. The summed E-state index contributed by atoms with van der Waals surface area (Å²) >= 11 is 0. The summed E-state index contributed by atoms with van der Waals surface area (Å²) < 4.78 is 36.5. The summed E-state index contributed by atoms with van der Waals surface area (Å²) in [6.45, 7) is 0. The van der Waals surface area contributed by atoms with Crippen molar-refractivity contribution < 1.29 is 22.8 Å². The third-order valence-corrected chi connectivity index (χ3v) is 1.74. The largest absolute Gasteiger partial charge is 0.323 e. The minimum absolute atomic E-state index is 0.234. The highest BCUT2D eigenvalue weighted by atomic mass is 19.3. The van der Waals surface area contributed by atoms with Crippen LogP contribution in [0.4, 0.5) is 18.9 Å². The molecule has 1 atom stereocenters. The fraction of sp³-hybridized carbons (Fsp3) is 0.200. The Kier molecular flexibility index (Phi) is 4.04. The fourth-order valence-electron chi connectivity index (χ4n) is 0.967. The maximum atomic E-state index is 12.9. The van der Waals surface area contributed by atoms with E-state index in [0.717, 1.165) is 0 Å². The van der Waals surface area contributed by atoms with Gasteiger partial charge >= 0.3 is 0 Å². The molecule has 1 N–H and O–H groups in total. The minimum atomic E-state index is -3.49. The zero-order chi connectivity index (χ0) is 12.1. The van der Waals surface area contributed by atoms with Crippen LogP contribution in [-0.4, -0.2) is 24.3 Å². The fourth-order valence-corrected chi connectivity index (χ4v) is 0.967. The Morgan fingerprint density at radius 1 is 1.06 bits per heavy atom. The molecule has 6 heteroatoms. The molecule has 86 valence electrons. The van der Waals surface area contributed by atoms with Crippen molar-refractivity contribution >= 4 is 17.4 Å². The van der Waals surface area contributed by atoms with Gasteiger partial charge in [-0.15, -0.1) is 0 Å². The number of ketones is 1. The Bertz CT molecular complexity index is 381. The van der Waals surface area contributed by atoms with Gasteiger partial charge in [0.15, 0.2) is 0 Å². The van der Waals surface area contributed by atoms with E-state index < -0.39 is 24.3 Å². The van der Waals surface area contributed by atoms with Crippen molar-refractivity contribution in [2.24, 2.45) is 0 Å². The van der Waals surface area contributed by atoms with Crippen LogP contribution >= 0.6 is 0 Å². The van der Waals surface area contributed by atoms with Crippen LogP contribution in [0.3, 0.4) is 0 Å². The number of hydrogen-bond donors (Lipinski definition) is 1. The standard InChI is InChI=1S/C10H8F3NO2/c11-7(8(15)9(12)13)10(16)14-6-4-2-1-3-5-6/h1-5,7,9H,(H,14,16). The number of nitrogens with one attached hydrogen (secondary N) is 1. The monoisotopic (exact) mass is 231 g/mol. The summed E-state index contributed by atoms with van der Waals surface area (Å²) in [7, 11) is 0. The van der Waals surface area contributed by atoms with Crippen LogP contribution in [0.25, 0.3) is 0 Å². The second-order valence-electron chi connectivity index (χ2n) is 2.92. The van der Waals surface area contributed by atoms with Gasteiger partial charge < -0.3 is 5.32 Å². The predicted octanol–water partition coefficient (Wildman–Crippen LogP) is 1.80. The van der Waals surface area contributed by atoms with Crippen molar-refractivity contribution in [3.63, 3.8) is 0 Å². The Balaban J connectivity index is 2.63. The van der Waals surface area contributed by atoms with E-state index in [1.54, 1.807) is 18.2 Å². The first kappa shape index (κ1) is 12.2. The SMILES string of the molecule is O=C(Nc1ccccc1)C(F)C(=O)C(F)F. The lowest BCUT2D eigenvalue weighted by Gasteiger charge is -2.07. The Morgan fingerprint density at radius 2 is 1.62 bits per heavy atom. The number of benzene rings is 1. The first-order chi connectivity index (χ1) is 7.52. The Labute approximate surface area is 89.3 Å².